The molecule has 0 spiro atoms. The highest BCUT2D eigenvalue weighted by molar-refractivity contribution is 6.32. The fourth-order valence-electron chi connectivity index (χ4n) is 2.72. The van der Waals surface area contributed by atoms with Crippen molar-refractivity contribution in [1.82, 2.24) is 0 Å². The lowest BCUT2D eigenvalue weighted by Crippen LogP contribution is -2.07. The highest BCUT2D eigenvalue weighted by atomic mass is 35.5. The Morgan fingerprint density at radius 3 is 2.62 bits per heavy atom. The smallest absolute Gasteiger partial charge is 0.363 e. The first kappa shape index (κ1) is 20.4. The van der Waals surface area contributed by atoms with Crippen LogP contribution in [0.4, 0.5) is 5.69 Å². The second kappa shape index (κ2) is 8.79. The predicted octanol–water partition coefficient (Wildman–Crippen LogP) is 4.05. The summed E-state index contributed by atoms with van der Waals surface area (Å²) in [7, 11) is 1.50. The van der Waals surface area contributed by atoms with Crippen LogP contribution in [0.1, 0.15) is 25.0 Å². The van der Waals surface area contributed by atoms with E-state index in [2.05, 4.69) is 10.3 Å². The van der Waals surface area contributed by atoms with Crippen LogP contribution in [0, 0.1) is 0 Å². The van der Waals surface area contributed by atoms with Gasteiger partial charge in [-0.1, -0.05) is 11.6 Å². The molecule has 0 fully saturated rings. The lowest BCUT2D eigenvalue weighted by molar-refractivity contribution is -0.129. The van der Waals surface area contributed by atoms with E-state index in [-0.39, 0.29) is 17.5 Å². The van der Waals surface area contributed by atoms with Crippen LogP contribution in [0.15, 0.2) is 47.1 Å². The molecule has 29 heavy (non-hydrogen) atoms. The molecule has 0 saturated carbocycles. The highest BCUT2D eigenvalue weighted by Gasteiger charge is 2.24. The van der Waals surface area contributed by atoms with Crippen LogP contribution in [0.5, 0.6) is 11.5 Å². The predicted molar refractivity (Wildman–Crippen MR) is 111 cm³/mol. The summed E-state index contributed by atoms with van der Waals surface area (Å²) in [5.74, 6) is 0.333. The van der Waals surface area contributed by atoms with E-state index < -0.39 is 5.97 Å². The fraction of sp³-hybridized carbons (Fsp3) is 0.190. The summed E-state index contributed by atoms with van der Waals surface area (Å²) in [4.78, 5) is 27.6. The maximum atomic E-state index is 12.2. The quantitative estimate of drug-likeness (QED) is 0.569. The van der Waals surface area contributed by atoms with Gasteiger partial charge < -0.3 is 19.5 Å². The Bertz CT molecular complexity index is 1010. The first-order chi connectivity index (χ1) is 13.9. The Hall–Kier alpha value is -3.32. The Morgan fingerprint density at radius 2 is 2.00 bits per heavy atom. The minimum atomic E-state index is -0.573. The summed E-state index contributed by atoms with van der Waals surface area (Å²) >= 11 is 6.25. The van der Waals surface area contributed by atoms with Gasteiger partial charge in [-0.2, -0.15) is 0 Å². The molecule has 8 heteroatoms. The van der Waals surface area contributed by atoms with Crippen molar-refractivity contribution in [3.63, 3.8) is 0 Å². The summed E-state index contributed by atoms with van der Waals surface area (Å²) in [5, 5.41) is 3.03. The van der Waals surface area contributed by atoms with E-state index in [1.54, 1.807) is 42.5 Å². The second-order valence-corrected chi connectivity index (χ2v) is 6.47. The number of ether oxygens (including phenoxy) is 3. The number of carbonyl (C=O) groups is 2. The molecule has 3 rings (SSSR count). The third-order valence-corrected chi connectivity index (χ3v) is 4.19. The Labute approximate surface area is 172 Å². The summed E-state index contributed by atoms with van der Waals surface area (Å²) in [6, 6.07) is 10.2. The largest absolute Gasteiger partial charge is 0.491 e. The first-order valence-electron chi connectivity index (χ1n) is 8.82. The van der Waals surface area contributed by atoms with E-state index in [9.17, 15) is 9.59 Å². The van der Waals surface area contributed by atoms with E-state index in [1.165, 1.54) is 14.0 Å². The number of aliphatic imine (C=N–C) groups is 1. The molecule has 1 aliphatic heterocycles. The van der Waals surface area contributed by atoms with E-state index in [0.29, 0.717) is 39.9 Å². The Balaban J connectivity index is 1.89. The molecule has 7 nitrogen and oxygen atoms in total. The lowest BCUT2D eigenvalue weighted by Gasteiger charge is -2.11. The molecule has 1 N–H and O–H groups in total. The summed E-state index contributed by atoms with van der Waals surface area (Å²) in [5.41, 5.74) is 2.00. The zero-order valence-corrected chi connectivity index (χ0v) is 16.9. The van der Waals surface area contributed by atoms with Gasteiger partial charge in [0.25, 0.3) is 0 Å². The number of anilines is 1. The van der Waals surface area contributed by atoms with Crippen molar-refractivity contribution >= 4 is 41.1 Å². The lowest BCUT2D eigenvalue weighted by atomic mass is 10.1. The van der Waals surface area contributed by atoms with Gasteiger partial charge in [0.05, 0.1) is 18.7 Å². The normalized spacial score (nSPS) is 14.4. The van der Waals surface area contributed by atoms with Crippen LogP contribution < -0.4 is 14.8 Å². The number of cyclic esters (lactones) is 1. The van der Waals surface area contributed by atoms with E-state index >= 15 is 0 Å². The van der Waals surface area contributed by atoms with Crippen molar-refractivity contribution in [2.45, 2.75) is 13.8 Å². The Morgan fingerprint density at radius 1 is 1.28 bits per heavy atom. The molecule has 0 aromatic heterocycles. The van der Waals surface area contributed by atoms with Crippen molar-refractivity contribution in [3.8, 4) is 11.5 Å². The number of rotatable bonds is 6. The Kier molecular flexibility index (Phi) is 6.19. The van der Waals surface area contributed by atoms with Crippen LogP contribution >= 0.6 is 11.6 Å². The molecule has 1 heterocycles. The van der Waals surface area contributed by atoms with Crippen molar-refractivity contribution in [2.75, 3.05) is 19.0 Å². The number of esters is 1. The highest BCUT2D eigenvalue weighted by Crippen LogP contribution is 2.37. The average molecular weight is 415 g/mol. The van der Waals surface area contributed by atoms with Crippen LogP contribution in [0.25, 0.3) is 6.08 Å². The number of halogens is 1. The van der Waals surface area contributed by atoms with Crippen molar-refractivity contribution in [3.05, 3.63) is 58.2 Å². The molecule has 0 aliphatic carbocycles. The average Bonchev–Trinajstić information content (AvgIpc) is 3.02. The third-order valence-electron chi connectivity index (χ3n) is 3.91. The summed E-state index contributed by atoms with van der Waals surface area (Å²) in [6.07, 6.45) is 1.56. The van der Waals surface area contributed by atoms with E-state index in [1.807, 2.05) is 6.92 Å². The molecule has 0 bridgehead atoms. The van der Waals surface area contributed by atoms with Crippen LogP contribution in [0.2, 0.25) is 5.02 Å². The molecule has 1 amide bonds. The van der Waals surface area contributed by atoms with Crippen LogP contribution in [-0.2, 0) is 14.3 Å². The molecule has 2 aromatic rings. The number of nitrogens with zero attached hydrogens (tertiary/aromatic N) is 1. The SMILES string of the molecule is CCOc1cc(/C=C2\N=C(c3ccc(NC(C)=O)cc3)OC2=O)cc(Cl)c1OC. The van der Waals surface area contributed by atoms with E-state index in [4.69, 9.17) is 25.8 Å². The molecule has 1 aliphatic rings. The third kappa shape index (κ3) is 4.75. The van der Waals surface area contributed by atoms with Gasteiger partial charge in [0.1, 0.15) is 0 Å². The van der Waals surface area contributed by atoms with Crippen molar-refractivity contribution < 1.29 is 23.8 Å². The van der Waals surface area contributed by atoms with Crippen LogP contribution in [0.3, 0.4) is 0 Å². The number of benzene rings is 2. The van der Waals surface area contributed by atoms with Crippen LogP contribution in [-0.4, -0.2) is 31.5 Å². The van der Waals surface area contributed by atoms with Gasteiger partial charge in [-0.05, 0) is 55.0 Å². The van der Waals surface area contributed by atoms with Gasteiger partial charge in [-0.25, -0.2) is 9.79 Å². The van der Waals surface area contributed by atoms with Gasteiger partial charge in [-0.15, -0.1) is 0 Å². The molecule has 0 saturated heterocycles. The molecule has 0 atom stereocenters. The van der Waals surface area contributed by atoms with Gasteiger partial charge in [0.15, 0.2) is 17.2 Å². The van der Waals surface area contributed by atoms with Crippen molar-refractivity contribution in [1.29, 1.82) is 0 Å². The number of hydrogen-bond acceptors (Lipinski definition) is 6. The summed E-state index contributed by atoms with van der Waals surface area (Å²) < 4.78 is 16.1. The number of methoxy groups -OCH3 is 1. The van der Waals surface area contributed by atoms with Gasteiger partial charge >= 0.3 is 5.97 Å². The zero-order chi connectivity index (χ0) is 21.0. The zero-order valence-electron chi connectivity index (χ0n) is 16.1. The first-order valence-corrected chi connectivity index (χ1v) is 9.20. The fourth-order valence-corrected chi connectivity index (χ4v) is 3.02. The van der Waals surface area contributed by atoms with Crippen molar-refractivity contribution in [2.24, 2.45) is 4.99 Å². The molecule has 0 unspecified atom stereocenters. The molecular weight excluding hydrogens is 396 g/mol. The molecule has 2 aromatic carbocycles. The number of nitrogens with one attached hydrogen (secondary N) is 1. The minimum Gasteiger partial charge on any atom is -0.491 e. The standard InChI is InChI=1S/C21H19ClN2O5/c1-4-28-18-11-13(9-16(22)19(18)27-3)10-17-21(26)29-20(24-17)14-5-7-15(8-6-14)23-12(2)25/h5-11H,4H2,1-3H3,(H,23,25)/b17-10-. The molecule has 0 radical (unpaired) electrons. The van der Waals surface area contributed by atoms with E-state index in [0.717, 1.165) is 0 Å². The summed E-state index contributed by atoms with van der Waals surface area (Å²) in [6.45, 7) is 3.71. The number of amides is 1. The number of carbonyl (C=O) groups excluding carboxylic acids is 2. The van der Waals surface area contributed by atoms with Gasteiger partial charge in [0.2, 0.25) is 11.8 Å². The molecular formula is C21H19ClN2O5. The second-order valence-electron chi connectivity index (χ2n) is 6.06. The molecule has 150 valence electrons. The maximum Gasteiger partial charge on any atom is 0.363 e. The van der Waals surface area contributed by atoms with Gasteiger partial charge in [0, 0.05) is 18.2 Å². The number of hydrogen-bond donors (Lipinski definition) is 1. The monoisotopic (exact) mass is 414 g/mol. The topological polar surface area (TPSA) is 86.2 Å². The minimum absolute atomic E-state index is 0.134. The maximum absolute atomic E-state index is 12.2. The van der Waals surface area contributed by atoms with Gasteiger partial charge in [-0.3, -0.25) is 4.79 Å².